The van der Waals surface area contributed by atoms with Crippen molar-refractivity contribution in [1.82, 2.24) is 9.80 Å². The Labute approximate surface area is 188 Å². The molecule has 2 heterocycles. The Morgan fingerprint density at radius 3 is 2.28 bits per heavy atom. The molecule has 0 aliphatic carbocycles. The number of ether oxygens (including phenoxy) is 1. The fourth-order valence-electron chi connectivity index (χ4n) is 4.52. The monoisotopic (exact) mass is 426 g/mol. The summed E-state index contributed by atoms with van der Waals surface area (Å²) in [4.78, 5) is 30.0. The van der Waals surface area contributed by atoms with E-state index in [2.05, 4.69) is 29.2 Å². The number of hydrogen-bond acceptors (Lipinski definition) is 4. The van der Waals surface area contributed by atoms with Gasteiger partial charge >= 0.3 is 5.97 Å². The van der Waals surface area contributed by atoms with Crippen molar-refractivity contribution in [2.24, 2.45) is 0 Å². The first-order valence-corrected chi connectivity index (χ1v) is 11.1. The van der Waals surface area contributed by atoms with E-state index in [1.807, 2.05) is 47.4 Å². The Morgan fingerprint density at radius 1 is 0.875 bits per heavy atom. The molecule has 2 aliphatic rings. The van der Waals surface area contributed by atoms with E-state index in [4.69, 9.17) is 4.74 Å². The molecule has 1 unspecified atom stereocenters. The number of carbonyl (C=O) groups excluding carboxylic acids is 2. The van der Waals surface area contributed by atoms with Crippen LogP contribution in [-0.4, -0.2) is 47.9 Å². The molecule has 32 heavy (non-hydrogen) atoms. The molecule has 1 atom stereocenters. The fourth-order valence-corrected chi connectivity index (χ4v) is 4.52. The first-order chi connectivity index (χ1) is 15.7. The summed E-state index contributed by atoms with van der Waals surface area (Å²) < 4.78 is 5.64. The molecule has 1 fully saturated rings. The zero-order valence-corrected chi connectivity index (χ0v) is 17.9. The van der Waals surface area contributed by atoms with Crippen LogP contribution >= 0.6 is 0 Å². The van der Waals surface area contributed by atoms with Crippen molar-refractivity contribution in [2.45, 2.75) is 19.1 Å². The van der Waals surface area contributed by atoms with Crippen molar-refractivity contribution in [2.75, 3.05) is 26.2 Å². The molecule has 5 nitrogen and oxygen atoms in total. The van der Waals surface area contributed by atoms with E-state index in [9.17, 15) is 9.59 Å². The van der Waals surface area contributed by atoms with E-state index in [1.165, 1.54) is 5.56 Å². The molecule has 0 N–H and O–H groups in total. The second-order valence-electron chi connectivity index (χ2n) is 8.43. The van der Waals surface area contributed by atoms with Gasteiger partial charge in [0.2, 0.25) is 0 Å². The molecule has 2 aliphatic heterocycles. The van der Waals surface area contributed by atoms with Crippen molar-refractivity contribution in [1.29, 1.82) is 0 Å². The van der Waals surface area contributed by atoms with E-state index >= 15 is 0 Å². The number of fused-ring (bicyclic) bond motifs is 1. The van der Waals surface area contributed by atoms with Crippen LogP contribution in [-0.2, 0) is 17.7 Å². The third-order valence-corrected chi connectivity index (χ3v) is 6.31. The van der Waals surface area contributed by atoms with Gasteiger partial charge in [-0.1, -0.05) is 60.7 Å². The Bertz CT molecular complexity index is 1110. The van der Waals surface area contributed by atoms with Crippen molar-refractivity contribution in [3.8, 4) is 0 Å². The lowest BCUT2D eigenvalue weighted by atomic mass is 9.93. The summed E-state index contributed by atoms with van der Waals surface area (Å²) in [6, 6.07) is 25.5. The van der Waals surface area contributed by atoms with Crippen molar-refractivity contribution in [3.05, 3.63) is 107 Å². The van der Waals surface area contributed by atoms with Gasteiger partial charge in [0, 0.05) is 44.7 Å². The molecule has 0 bridgehead atoms. The Morgan fingerprint density at radius 2 is 1.56 bits per heavy atom. The minimum Gasteiger partial charge on any atom is -0.454 e. The summed E-state index contributed by atoms with van der Waals surface area (Å²) in [5.74, 6) is -0.295. The van der Waals surface area contributed by atoms with Crippen LogP contribution in [0.4, 0.5) is 0 Å². The van der Waals surface area contributed by atoms with E-state index in [0.717, 1.165) is 30.8 Å². The van der Waals surface area contributed by atoms with E-state index in [0.29, 0.717) is 30.6 Å². The normalized spacial score (nSPS) is 18.7. The molecule has 3 aromatic carbocycles. The molecule has 0 saturated carbocycles. The zero-order valence-electron chi connectivity index (χ0n) is 17.9. The second-order valence-corrected chi connectivity index (χ2v) is 8.43. The van der Waals surface area contributed by atoms with Gasteiger partial charge in [-0.2, -0.15) is 0 Å². The molecule has 1 saturated heterocycles. The Kier molecular flexibility index (Phi) is 5.73. The summed E-state index contributed by atoms with van der Waals surface area (Å²) in [7, 11) is 0. The summed E-state index contributed by atoms with van der Waals surface area (Å²) in [6.45, 7) is 4.03. The number of rotatable bonds is 4. The third kappa shape index (κ3) is 4.30. The van der Waals surface area contributed by atoms with Crippen LogP contribution in [0.2, 0.25) is 0 Å². The molecule has 1 amide bonds. The number of benzene rings is 3. The minimum absolute atomic E-state index is 0.0300. The maximum absolute atomic E-state index is 13.2. The van der Waals surface area contributed by atoms with Crippen LogP contribution in [0.5, 0.6) is 0 Å². The number of cyclic esters (lactones) is 1. The van der Waals surface area contributed by atoms with Crippen molar-refractivity contribution in [3.63, 3.8) is 0 Å². The number of nitrogens with zero attached hydrogens (tertiary/aromatic N) is 2. The van der Waals surface area contributed by atoms with Crippen LogP contribution < -0.4 is 0 Å². The molecule has 162 valence electrons. The number of hydrogen-bond donors (Lipinski definition) is 0. The van der Waals surface area contributed by atoms with Crippen LogP contribution in [0.1, 0.15) is 43.5 Å². The van der Waals surface area contributed by atoms with Crippen LogP contribution in [0.15, 0.2) is 78.9 Å². The smallest absolute Gasteiger partial charge is 0.339 e. The predicted molar refractivity (Wildman–Crippen MR) is 122 cm³/mol. The summed E-state index contributed by atoms with van der Waals surface area (Å²) in [6.07, 6.45) is 0.264. The third-order valence-electron chi connectivity index (χ3n) is 6.31. The number of amides is 1. The van der Waals surface area contributed by atoms with Gasteiger partial charge in [-0.15, -0.1) is 0 Å². The van der Waals surface area contributed by atoms with Gasteiger partial charge in [0.15, 0.2) is 0 Å². The highest BCUT2D eigenvalue weighted by molar-refractivity contribution is 5.97. The summed E-state index contributed by atoms with van der Waals surface area (Å²) in [5.41, 5.74) is 4.34. The lowest BCUT2D eigenvalue weighted by Crippen LogP contribution is -2.48. The van der Waals surface area contributed by atoms with E-state index in [1.54, 1.807) is 12.1 Å². The van der Waals surface area contributed by atoms with Gasteiger partial charge in [-0.25, -0.2) is 4.79 Å². The van der Waals surface area contributed by atoms with Gasteiger partial charge in [-0.05, 0) is 34.9 Å². The maximum atomic E-state index is 13.2. The maximum Gasteiger partial charge on any atom is 0.339 e. The Hall–Kier alpha value is -3.44. The molecule has 0 spiro atoms. The fraction of sp³-hybridized carbons (Fsp3) is 0.259. The van der Waals surface area contributed by atoms with Gasteiger partial charge in [0.1, 0.15) is 6.10 Å². The lowest BCUT2D eigenvalue weighted by Gasteiger charge is -2.35. The van der Waals surface area contributed by atoms with Gasteiger partial charge < -0.3 is 9.64 Å². The average Bonchev–Trinajstić information content (AvgIpc) is 2.85. The van der Waals surface area contributed by atoms with Crippen LogP contribution in [0.25, 0.3) is 0 Å². The highest BCUT2D eigenvalue weighted by Gasteiger charge is 2.29. The van der Waals surface area contributed by atoms with Crippen molar-refractivity contribution < 1.29 is 14.3 Å². The quantitative estimate of drug-likeness (QED) is 0.590. The standard InChI is InChI=1S/C27H26N2O3/c30-26(29-15-13-28(14-16-29)19-20-7-3-1-4-8-20)22-11-12-24-23(17-22)18-25(32-27(24)31)21-9-5-2-6-10-21/h1-12,17,25H,13-16,18-19H2. The highest BCUT2D eigenvalue weighted by atomic mass is 16.5. The predicted octanol–water partition coefficient (Wildman–Crippen LogP) is 4.10. The zero-order chi connectivity index (χ0) is 21.9. The number of carbonyl (C=O) groups is 2. The first-order valence-electron chi connectivity index (χ1n) is 11.1. The lowest BCUT2D eigenvalue weighted by molar-refractivity contribution is 0.0252. The largest absolute Gasteiger partial charge is 0.454 e. The van der Waals surface area contributed by atoms with Crippen molar-refractivity contribution >= 4 is 11.9 Å². The molecular formula is C27H26N2O3. The number of esters is 1. The molecule has 0 aromatic heterocycles. The van der Waals surface area contributed by atoms with Gasteiger partial charge in [-0.3, -0.25) is 9.69 Å². The molecule has 0 radical (unpaired) electrons. The van der Waals surface area contributed by atoms with Crippen LogP contribution in [0.3, 0.4) is 0 Å². The molecule has 5 rings (SSSR count). The van der Waals surface area contributed by atoms with Gasteiger partial charge in [0.05, 0.1) is 5.56 Å². The highest BCUT2D eigenvalue weighted by Crippen LogP contribution is 2.31. The molecule has 3 aromatic rings. The number of piperazine rings is 1. The topological polar surface area (TPSA) is 49.9 Å². The second kappa shape index (κ2) is 8.97. The Balaban J connectivity index is 1.26. The average molecular weight is 427 g/mol. The molecule has 5 heteroatoms. The SMILES string of the molecule is O=C1OC(c2ccccc2)Cc2cc(C(=O)N3CCN(Cc4ccccc4)CC3)ccc21. The minimum atomic E-state index is -0.325. The molecular weight excluding hydrogens is 400 g/mol. The van der Waals surface area contributed by atoms with E-state index in [-0.39, 0.29) is 18.0 Å². The first kappa shape index (κ1) is 20.5. The van der Waals surface area contributed by atoms with Gasteiger partial charge in [0.25, 0.3) is 5.91 Å². The van der Waals surface area contributed by atoms with E-state index < -0.39 is 0 Å². The summed E-state index contributed by atoms with van der Waals surface area (Å²) >= 11 is 0. The van der Waals surface area contributed by atoms with Crippen LogP contribution in [0, 0.1) is 0 Å². The summed E-state index contributed by atoms with van der Waals surface area (Å²) in [5, 5.41) is 0.